The lowest BCUT2D eigenvalue weighted by Gasteiger charge is -2.12. The Kier molecular flexibility index (Phi) is 5.05. The maximum atomic E-state index is 8.91. The molecule has 0 aromatic heterocycles. The fourth-order valence-electron chi connectivity index (χ4n) is 1.97. The normalized spacial score (nSPS) is 9.76. The van der Waals surface area contributed by atoms with Crippen molar-refractivity contribution in [2.24, 2.45) is 0 Å². The molecule has 0 spiro atoms. The fraction of sp³-hybridized carbons (Fsp3) is 0.235. The lowest BCUT2D eigenvalue weighted by molar-refractivity contribution is 0.306. The molecule has 0 atom stereocenters. The van der Waals surface area contributed by atoms with Gasteiger partial charge in [0.25, 0.3) is 0 Å². The lowest BCUT2D eigenvalue weighted by Crippen LogP contribution is -2.12. The van der Waals surface area contributed by atoms with Crippen molar-refractivity contribution in [2.45, 2.75) is 6.92 Å². The SMILES string of the molecule is COc1ccccc1OCCNc1cc(C#N)ccc1C. The van der Waals surface area contributed by atoms with Gasteiger partial charge < -0.3 is 14.8 Å². The Morgan fingerprint density at radius 3 is 2.62 bits per heavy atom. The Bertz CT molecular complexity index is 647. The molecular formula is C17H18N2O2. The number of hydrogen-bond acceptors (Lipinski definition) is 4. The monoisotopic (exact) mass is 282 g/mol. The third-order valence-corrected chi connectivity index (χ3v) is 3.11. The highest BCUT2D eigenvalue weighted by Crippen LogP contribution is 2.25. The molecular weight excluding hydrogens is 264 g/mol. The molecule has 2 aromatic carbocycles. The van der Waals surface area contributed by atoms with E-state index in [0.717, 1.165) is 22.7 Å². The van der Waals surface area contributed by atoms with Crippen LogP contribution in [0.25, 0.3) is 0 Å². The standard InChI is InChI=1S/C17H18N2O2/c1-13-7-8-14(12-18)11-15(13)19-9-10-21-17-6-4-3-5-16(17)20-2/h3-8,11,19H,9-10H2,1-2H3. The van der Waals surface area contributed by atoms with Crippen molar-refractivity contribution in [3.05, 3.63) is 53.6 Å². The number of ether oxygens (including phenoxy) is 2. The first kappa shape index (κ1) is 14.7. The second-order valence-electron chi connectivity index (χ2n) is 4.57. The highest BCUT2D eigenvalue weighted by atomic mass is 16.5. The molecule has 0 aliphatic rings. The van der Waals surface area contributed by atoms with Gasteiger partial charge in [0.05, 0.1) is 18.7 Å². The third kappa shape index (κ3) is 3.90. The van der Waals surface area contributed by atoms with Gasteiger partial charge in [-0.05, 0) is 36.8 Å². The fourth-order valence-corrected chi connectivity index (χ4v) is 1.97. The van der Waals surface area contributed by atoms with E-state index in [1.165, 1.54) is 0 Å². The summed E-state index contributed by atoms with van der Waals surface area (Å²) in [6, 6.07) is 15.3. The zero-order valence-electron chi connectivity index (χ0n) is 12.2. The van der Waals surface area contributed by atoms with Crippen molar-refractivity contribution in [3.63, 3.8) is 0 Å². The summed E-state index contributed by atoms with van der Waals surface area (Å²) in [7, 11) is 1.62. The highest BCUT2D eigenvalue weighted by Gasteiger charge is 2.03. The summed E-state index contributed by atoms with van der Waals surface area (Å²) in [6.45, 7) is 3.16. The van der Waals surface area contributed by atoms with Crippen LogP contribution in [0.5, 0.6) is 11.5 Å². The summed E-state index contributed by atoms with van der Waals surface area (Å²) < 4.78 is 10.9. The summed E-state index contributed by atoms with van der Waals surface area (Å²) in [6.07, 6.45) is 0. The highest BCUT2D eigenvalue weighted by molar-refractivity contribution is 5.55. The van der Waals surface area contributed by atoms with Gasteiger partial charge in [0, 0.05) is 12.2 Å². The minimum absolute atomic E-state index is 0.511. The van der Waals surface area contributed by atoms with Crippen molar-refractivity contribution >= 4 is 5.69 Å². The van der Waals surface area contributed by atoms with Crippen molar-refractivity contribution in [1.29, 1.82) is 5.26 Å². The number of nitriles is 1. The van der Waals surface area contributed by atoms with E-state index in [9.17, 15) is 0 Å². The number of aryl methyl sites for hydroxylation is 1. The Balaban J connectivity index is 1.89. The van der Waals surface area contributed by atoms with Crippen LogP contribution in [0.2, 0.25) is 0 Å². The number of anilines is 1. The van der Waals surface area contributed by atoms with E-state index in [0.29, 0.717) is 18.7 Å². The van der Waals surface area contributed by atoms with Crippen molar-refractivity contribution < 1.29 is 9.47 Å². The maximum absolute atomic E-state index is 8.91. The maximum Gasteiger partial charge on any atom is 0.161 e. The molecule has 2 aromatic rings. The van der Waals surface area contributed by atoms with Gasteiger partial charge in [0.2, 0.25) is 0 Å². The van der Waals surface area contributed by atoms with Crippen LogP contribution in [0, 0.1) is 18.3 Å². The third-order valence-electron chi connectivity index (χ3n) is 3.11. The van der Waals surface area contributed by atoms with Gasteiger partial charge in [-0.25, -0.2) is 0 Å². The first-order chi connectivity index (χ1) is 10.2. The first-order valence-corrected chi connectivity index (χ1v) is 6.75. The van der Waals surface area contributed by atoms with Crippen LogP contribution in [-0.4, -0.2) is 20.3 Å². The predicted molar refractivity (Wildman–Crippen MR) is 82.9 cm³/mol. The van der Waals surface area contributed by atoms with Crippen LogP contribution in [-0.2, 0) is 0 Å². The van der Waals surface area contributed by atoms with Gasteiger partial charge >= 0.3 is 0 Å². The van der Waals surface area contributed by atoms with E-state index in [4.69, 9.17) is 14.7 Å². The van der Waals surface area contributed by atoms with Crippen LogP contribution in [0.3, 0.4) is 0 Å². The van der Waals surface area contributed by atoms with Crippen LogP contribution < -0.4 is 14.8 Å². The molecule has 0 heterocycles. The Morgan fingerprint density at radius 1 is 1.14 bits per heavy atom. The summed E-state index contributed by atoms with van der Waals surface area (Å²) >= 11 is 0. The van der Waals surface area contributed by atoms with E-state index in [-0.39, 0.29) is 0 Å². The smallest absolute Gasteiger partial charge is 0.161 e. The van der Waals surface area contributed by atoms with Crippen molar-refractivity contribution in [1.82, 2.24) is 0 Å². The van der Waals surface area contributed by atoms with E-state index >= 15 is 0 Å². The largest absolute Gasteiger partial charge is 0.493 e. The van der Waals surface area contributed by atoms with Gasteiger partial charge in [0.15, 0.2) is 11.5 Å². The first-order valence-electron chi connectivity index (χ1n) is 6.75. The average Bonchev–Trinajstić information content (AvgIpc) is 2.53. The molecule has 1 N–H and O–H groups in total. The quantitative estimate of drug-likeness (QED) is 0.825. The summed E-state index contributed by atoms with van der Waals surface area (Å²) in [5, 5.41) is 12.2. The van der Waals surface area contributed by atoms with Gasteiger partial charge in [-0.2, -0.15) is 5.26 Å². The Hall–Kier alpha value is -2.67. The summed E-state index contributed by atoms with van der Waals surface area (Å²) in [4.78, 5) is 0. The Morgan fingerprint density at radius 2 is 1.90 bits per heavy atom. The topological polar surface area (TPSA) is 54.3 Å². The lowest BCUT2D eigenvalue weighted by atomic mass is 10.1. The van der Waals surface area contributed by atoms with Crippen molar-refractivity contribution in [2.75, 3.05) is 25.6 Å². The Labute approximate surface area is 124 Å². The predicted octanol–water partition coefficient (Wildman–Crippen LogP) is 3.37. The van der Waals surface area contributed by atoms with Crippen LogP contribution in [0.4, 0.5) is 5.69 Å². The zero-order valence-corrected chi connectivity index (χ0v) is 12.2. The van der Waals surface area contributed by atoms with E-state index < -0.39 is 0 Å². The van der Waals surface area contributed by atoms with Crippen LogP contribution in [0.15, 0.2) is 42.5 Å². The number of benzene rings is 2. The molecule has 108 valence electrons. The summed E-state index contributed by atoms with van der Waals surface area (Å²) in [5.41, 5.74) is 2.71. The molecule has 2 rings (SSSR count). The molecule has 0 radical (unpaired) electrons. The molecule has 0 bridgehead atoms. The molecule has 0 unspecified atom stereocenters. The van der Waals surface area contributed by atoms with Crippen molar-refractivity contribution in [3.8, 4) is 17.6 Å². The number of nitrogens with zero attached hydrogens (tertiary/aromatic N) is 1. The second-order valence-corrected chi connectivity index (χ2v) is 4.57. The minimum Gasteiger partial charge on any atom is -0.493 e. The van der Waals surface area contributed by atoms with E-state index in [2.05, 4.69) is 11.4 Å². The number of para-hydroxylation sites is 2. The number of methoxy groups -OCH3 is 1. The van der Waals surface area contributed by atoms with Gasteiger partial charge in [-0.3, -0.25) is 0 Å². The van der Waals surface area contributed by atoms with Gasteiger partial charge in [-0.1, -0.05) is 18.2 Å². The van der Waals surface area contributed by atoms with Gasteiger partial charge in [0.1, 0.15) is 6.61 Å². The molecule has 0 aliphatic heterocycles. The number of rotatable bonds is 6. The van der Waals surface area contributed by atoms with Gasteiger partial charge in [-0.15, -0.1) is 0 Å². The molecule has 0 aliphatic carbocycles. The molecule has 0 fully saturated rings. The minimum atomic E-state index is 0.511. The van der Waals surface area contributed by atoms with Crippen LogP contribution >= 0.6 is 0 Å². The number of hydrogen-bond donors (Lipinski definition) is 1. The molecule has 0 saturated carbocycles. The molecule has 0 saturated heterocycles. The zero-order chi connectivity index (χ0) is 15.1. The molecule has 4 nitrogen and oxygen atoms in total. The number of nitrogens with one attached hydrogen (secondary N) is 1. The molecule has 4 heteroatoms. The van der Waals surface area contributed by atoms with Crippen LogP contribution in [0.1, 0.15) is 11.1 Å². The average molecular weight is 282 g/mol. The second kappa shape index (κ2) is 7.20. The molecule has 21 heavy (non-hydrogen) atoms. The summed E-state index contributed by atoms with van der Waals surface area (Å²) in [5.74, 6) is 1.45. The van der Waals surface area contributed by atoms with E-state index in [1.54, 1.807) is 7.11 Å². The van der Waals surface area contributed by atoms with E-state index in [1.807, 2.05) is 49.4 Å². The molecule has 0 amide bonds.